The van der Waals surface area contributed by atoms with Crippen molar-refractivity contribution in [2.75, 3.05) is 0 Å². The maximum absolute atomic E-state index is 11.9. The van der Waals surface area contributed by atoms with Crippen LogP contribution in [-0.4, -0.2) is 10.8 Å². The Hall–Kier alpha value is -0.940. The molecule has 0 saturated carbocycles. The number of furan rings is 1. The van der Waals surface area contributed by atoms with E-state index in [4.69, 9.17) is 4.42 Å². The Morgan fingerprint density at radius 2 is 2.43 bits per heavy atom. The molecule has 0 amide bonds. The molecule has 0 aliphatic rings. The number of hydrogen-bond acceptors (Lipinski definition) is 4. The number of ketones is 1. The van der Waals surface area contributed by atoms with Crippen LogP contribution in [0.4, 0.5) is 0 Å². The van der Waals surface area contributed by atoms with Gasteiger partial charge in [0.1, 0.15) is 4.88 Å². The summed E-state index contributed by atoms with van der Waals surface area (Å²) in [5.74, 6) is 0.208. The van der Waals surface area contributed by atoms with Gasteiger partial charge in [0.25, 0.3) is 0 Å². The summed E-state index contributed by atoms with van der Waals surface area (Å²) >= 11 is 4.57. The van der Waals surface area contributed by atoms with Crippen molar-refractivity contribution in [3.05, 3.63) is 38.6 Å². The Kier molecular flexibility index (Phi) is 2.52. The SMILES string of the molecule is Cc1ncsc1C(=O)c1occc1Br. The zero-order valence-electron chi connectivity index (χ0n) is 7.28. The van der Waals surface area contributed by atoms with Gasteiger partial charge in [0.05, 0.1) is 21.9 Å². The highest BCUT2D eigenvalue weighted by atomic mass is 79.9. The van der Waals surface area contributed by atoms with Gasteiger partial charge in [-0.1, -0.05) is 0 Å². The molecule has 0 aromatic carbocycles. The highest BCUT2D eigenvalue weighted by molar-refractivity contribution is 9.10. The second kappa shape index (κ2) is 3.67. The van der Waals surface area contributed by atoms with Crippen molar-refractivity contribution >= 4 is 33.0 Å². The monoisotopic (exact) mass is 271 g/mol. The molecule has 2 rings (SSSR count). The number of hydrogen-bond donors (Lipinski definition) is 0. The van der Waals surface area contributed by atoms with E-state index < -0.39 is 0 Å². The lowest BCUT2D eigenvalue weighted by molar-refractivity contribution is 0.101. The second-order valence-corrected chi connectivity index (χ2v) is 4.40. The highest BCUT2D eigenvalue weighted by Gasteiger charge is 2.19. The minimum atomic E-state index is -0.123. The lowest BCUT2D eigenvalue weighted by Gasteiger charge is -1.94. The zero-order valence-corrected chi connectivity index (χ0v) is 9.68. The molecule has 5 heteroatoms. The van der Waals surface area contributed by atoms with Crippen LogP contribution in [0, 0.1) is 6.92 Å². The van der Waals surface area contributed by atoms with Gasteiger partial charge in [0, 0.05) is 0 Å². The number of aromatic nitrogens is 1. The Morgan fingerprint density at radius 1 is 1.64 bits per heavy atom. The summed E-state index contributed by atoms with van der Waals surface area (Å²) in [6.07, 6.45) is 1.48. The summed E-state index contributed by atoms with van der Waals surface area (Å²) in [5, 5.41) is 0. The van der Waals surface area contributed by atoms with Crippen molar-refractivity contribution in [3.8, 4) is 0 Å². The summed E-state index contributed by atoms with van der Waals surface area (Å²) in [5.41, 5.74) is 2.39. The Morgan fingerprint density at radius 3 is 2.93 bits per heavy atom. The zero-order chi connectivity index (χ0) is 10.1. The second-order valence-electron chi connectivity index (χ2n) is 2.69. The maximum atomic E-state index is 11.9. The Labute approximate surface area is 92.9 Å². The van der Waals surface area contributed by atoms with Crippen LogP contribution in [0.15, 0.2) is 26.7 Å². The van der Waals surface area contributed by atoms with Gasteiger partial charge in [-0.25, -0.2) is 4.98 Å². The molecule has 72 valence electrons. The summed E-state index contributed by atoms with van der Waals surface area (Å²) in [6, 6.07) is 1.70. The molecule has 0 atom stereocenters. The number of thiazole rings is 1. The summed E-state index contributed by atoms with van der Waals surface area (Å²) in [4.78, 5) is 16.5. The largest absolute Gasteiger partial charge is 0.460 e. The number of halogens is 1. The molecule has 0 aliphatic heterocycles. The fraction of sp³-hybridized carbons (Fsp3) is 0.111. The van der Waals surface area contributed by atoms with Gasteiger partial charge in [0.15, 0.2) is 5.76 Å². The standard InChI is InChI=1S/C9H6BrNO2S/c1-5-9(14-4-11-5)7(12)8-6(10)2-3-13-8/h2-4H,1H3. The van der Waals surface area contributed by atoms with Crippen LogP contribution in [0.5, 0.6) is 0 Å². The number of carbonyl (C=O) groups is 1. The number of aryl methyl sites for hydroxylation is 1. The van der Waals surface area contributed by atoms with Crippen LogP contribution in [0.3, 0.4) is 0 Å². The van der Waals surface area contributed by atoms with E-state index in [9.17, 15) is 4.79 Å². The van der Waals surface area contributed by atoms with Crippen molar-refractivity contribution in [1.29, 1.82) is 0 Å². The van der Waals surface area contributed by atoms with Crippen molar-refractivity contribution in [1.82, 2.24) is 4.98 Å². The average Bonchev–Trinajstić information content (AvgIpc) is 2.73. The van der Waals surface area contributed by atoms with Crippen LogP contribution in [0.25, 0.3) is 0 Å². The van der Waals surface area contributed by atoms with Crippen LogP contribution in [-0.2, 0) is 0 Å². The molecule has 0 saturated heterocycles. The van der Waals surface area contributed by atoms with Gasteiger partial charge in [-0.05, 0) is 28.9 Å². The topological polar surface area (TPSA) is 43.1 Å². The maximum Gasteiger partial charge on any atom is 0.241 e. The Balaban J connectivity index is 2.44. The highest BCUT2D eigenvalue weighted by Crippen LogP contribution is 2.24. The molecule has 3 nitrogen and oxygen atoms in total. The van der Waals surface area contributed by atoms with E-state index >= 15 is 0 Å². The summed E-state index contributed by atoms with van der Waals surface area (Å²) in [6.45, 7) is 1.81. The van der Waals surface area contributed by atoms with E-state index in [-0.39, 0.29) is 5.78 Å². The third-order valence-corrected chi connectivity index (χ3v) is 3.33. The van der Waals surface area contributed by atoms with Crippen LogP contribution in [0.1, 0.15) is 21.1 Å². The van der Waals surface area contributed by atoms with Gasteiger partial charge < -0.3 is 4.42 Å². The van der Waals surface area contributed by atoms with Crippen LogP contribution < -0.4 is 0 Å². The molecule has 14 heavy (non-hydrogen) atoms. The lowest BCUT2D eigenvalue weighted by atomic mass is 10.2. The number of rotatable bonds is 2. The van der Waals surface area contributed by atoms with Crippen molar-refractivity contribution < 1.29 is 9.21 Å². The van der Waals surface area contributed by atoms with Crippen molar-refractivity contribution in [3.63, 3.8) is 0 Å². The number of carbonyl (C=O) groups excluding carboxylic acids is 1. The normalized spacial score (nSPS) is 10.4. The number of nitrogens with zero attached hydrogens (tertiary/aromatic N) is 1. The van der Waals surface area contributed by atoms with Crippen LogP contribution >= 0.6 is 27.3 Å². The molecular weight excluding hydrogens is 266 g/mol. The fourth-order valence-corrected chi connectivity index (χ4v) is 2.20. The minimum absolute atomic E-state index is 0.123. The molecule has 0 N–H and O–H groups in total. The van der Waals surface area contributed by atoms with E-state index in [0.29, 0.717) is 15.1 Å². The van der Waals surface area contributed by atoms with Gasteiger partial charge in [0.2, 0.25) is 5.78 Å². The average molecular weight is 272 g/mol. The van der Waals surface area contributed by atoms with E-state index in [2.05, 4.69) is 20.9 Å². The third-order valence-electron chi connectivity index (χ3n) is 1.78. The van der Waals surface area contributed by atoms with Crippen molar-refractivity contribution in [2.45, 2.75) is 6.92 Å². The summed E-state index contributed by atoms with van der Waals surface area (Å²) < 4.78 is 5.76. The van der Waals surface area contributed by atoms with Gasteiger partial charge in [-0.3, -0.25) is 4.79 Å². The molecule has 2 aromatic rings. The van der Waals surface area contributed by atoms with E-state index in [0.717, 1.165) is 5.69 Å². The van der Waals surface area contributed by atoms with Crippen molar-refractivity contribution in [2.24, 2.45) is 0 Å². The first-order valence-corrected chi connectivity index (χ1v) is 5.55. The van der Waals surface area contributed by atoms with Gasteiger partial charge in [-0.2, -0.15) is 0 Å². The van der Waals surface area contributed by atoms with E-state index in [1.165, 1.54) is 17.6 Å². The van der Waals surface area contributed by atoms with E-state index in [1.54, 1.807) is 18.5 Å². The molecule has 2 aromatic heterocycles. The molecule has 0 fully saturated rings. The van der Waals surface area contributed by atoms with Crippen LogP contribution in [0.2, 0.25) is 0 Å². The first-order chi connectivity index (χ1) is 6.70. The molecule has 0 radical (unpaired) electrons. The van der Waals surface area contributed by atoms with E-state index in [1.807, 2.05) is 0 Å². The molecule has 0 spiro atoms. The summed E-state index contributed by atoms with van der Waals surface area (Å²) in [7, 11) is 0. The fourth-order valence-electron chi connectivity index (χ4n) is 1.08. The van der Waals surface area contributed by atoms with Gasteiger partial charge in [-0.15, -0.1) is 11.3 Å². The van der Waals surface area contributed by atoms with Gasteiger partial charge >= 0.3 is 0 Å². The Bertz CT molecular complexity index is 432. The molecular formula is C9H6BrNO2S. The third kappa shape index (κ3) is 1.53. The predicted molar refractivity (Wildman–Crippen MR) is 56.7 cm³/mol. The first-order valence-electron chi connectivity index (χ1n) is 3.88. The smallest absolute Gasteiger partial charge is 0.241 e. The minimum Gasteiger partial charge on any atom is -0.460 e. The lowest BCUT2D eigenvalue weighted by Crippen LogP contribution is -1.99. The first kappa shape index (κ1) is 9.61. The molecule has 0 unspecified atom stereocenters. The predicted octanol–water partition coefficient (Wildman–Crippen LogP) is 3.04. The molecule has 0 aliphatic carbocycles. The molecule has 0 bridgehead atoms. The molecule has 2 heterocycles. The quantitative estimate of drug-likeness (QED) is 0.789.